The van der Waals surface area contributed by atoms with Crippen molar-refractivity contribution < 1.29 is 4.74 Å². The maximum absolute atomic E-state index is 6.58. The zero-order chi connectivity index (χ0) is 54.7. The molecule has 0 heterocycles. The fraction of sp³-hybridized carbons (Fsp3) is 0.165. The third-order valence-electron chi connectivity index (χ3n) is 18.5. The van der Waals surface area contributed by atoms with Gasteiger partial charge in [0, 0.05) is 22.5 Å². The van der Waals surface area contributed by atoms with Crippen molar-refractivity contribution in [2.24, 2.45) is 0 Å². The Labute approximate surface area is 479 Å². The molecule has 394 valence electrons. The Kier molecular flexibility index (Phi) is 12.8. The van der Waals surface area contributed by atoms with E-state index in [1.807, 2.05) is 0 Å². The third-order valence-corrected chi connectivity index (χ3v) is 18.5. The van der Waals surface area contributed by atoms with Gasteiger partial charge in [0.05, 0.1) is 5.41 Å². The van der Waals surface area contributed by atoms with Crippen molar-refractivity contribution in [2.75, 3.05) is 4.90 Å². The number of anilines is 3. The van der Waals surface area contributed by atoms with Crippen molar-refractivity contribution >= 4 is 17.1 Å². The minimum absolute atomic E-state index is 0.123. The topological polar surface area (TPSA) is 12.5 Å². The lowest BCUT2D eigenvalue weighted by atomic mass is 9.67. The molecule has 0 N–H and O–H groups in total. The fourth-order valence-electron chi connectivity index (χ4n) is 13.9. The summed E-state index contributed by atoms with van der Waals surface area (Å²) in [6.45, 7) is 9.95. The van der Waals surface area contributed by atoms with Crippen LogP contribution >= 0.6 is 0 Å². The van der Waals surface area contributed by atoms with Crippen LogP contribution in [-0.2, 0) is 30.3 Å². The molecule has 0 aliphatic heterocycles. The molecule has 0 bridgehead atoms. The average Bonchev–Trinajstić information content (AvgIpc) is 3.74. The third kappa shape index (κ3) is 8.81. The zero-order valence-corrected chi connectivity index (χ0v) is 46.9. The molecule has 3 atom stereocenters. The van der Waals surface area contributed by atoms with Crippen LogP contribution in [0.4, 0.5) is 17.1 Å². The van der Waals surface area contributed by atoms with Crippen LogP contribution in [0, 0.1) is 0 Å². The van der Waals surface area contributed by atoms with Gasteiger partial charge in [-0.25, -0.2) is 0 Å². The second-order valence-electron chi connectivity index (χ2n) is 23.4. The van der Waals surface area contributed by atoms with E-state index in [9.17, 15) is 0 Å². The molecule has 11 aromatic rings. The molecule has 2 heteroatoms. The lowest BCUT2D eigenvalue weighted by molar-refractivity contribution is 0.306. The number of benzene rings is 11. The molecule has 0 fully saturated rings. The number of rotatable bonds is 15. The highest BCUT2D eigenvalue weighted by Gasteiger charge is 2.46. The standard InChI is InChI=1S/C79H67NO/c1-5-55(61-30-28-59-29-31-62(59)49-61)48-53(2)56-26-24-54(25-27-56)52-81-69-44-37-65(38-45-69)79(64-18-10-7-11-19-64)75-23-15-13-21-71(75)73-46-36-63(50-77(73)79)60-34-41-67(42-35-60)80(66-39-32-58(33-40-66)57-16-8-6-9-17-57)68-43-47-72-70-20-12-14-22-74(70)78(3,4)76(72)51-68/h6-28,30,32-47,49-51,53,55H,5,29,31,48,52H2,1-4H3. The van der Waals surface area contributed by atoms with Crippen LogP contribution in [-0.4, -0.2) is 0 Å². The minimum Gasteiger partial charge on any atom is -0.489 e. The summed E-state index contributed by atoms with van der Waals surface area (Å²) in [5.74, 6) is 1.91. The van der Waals surface area contributed by atoms with Crippen molar-refractivity contribution in [1.82, 2.24) is 0 Å². The molecule has 14 rings (SSSR count). The molecule has 11 aromatic carbocycles. The van der Waals surface area contributed by atoms with Gasteiger partial charge in [-0.3, -0.25) is 0 Å². The number of aryl methyl sites for hydroxylation is 2. The Morgan fingerprint density at radius 3 is 1.62 bits per heavy atom. The first-order valence-corrected chi connectivity index (χ1v) is 29.3. The molecule has 0 spiro atoms. The van der Waals surface area contributed by atoms with Crippen molar-refractivity contribution in [3.63, 3.8) is 0 Å². The Morgan fingerprint density at radius 2 is 0.951 bits per heavy atom. The molecule has 0 aromatic heterocycles. The molecular formula is C79H67NO. The number of hydrogen-bond acceptors (Lipinski definition) is 2. The van der Waals surface area contributed by atoms with Gasteiger partial charge < -0.3 is 9.64 Å². The predicted molar refractivity (Wildman–Crippen MR) is 338 cm³/mol. The number of fused-ring (bicyclic) bond motifs is 7. The maximum atomic E-state index is 6.58. The summed E-state index contributed by atoms with van der Waals surface area (Å²) in [5.41, 5.74) is 27.5. The summed E-state index contributed by atoms with van der Waals surface area (Å²) >= 11 is 0. The van der Waals surface area contributed by atoms with Crippen LogP contribution in [0.15, 0.2) is 261 Å². The molecule has 0 amide bonds. The van der Waals surface area contributed by atoms with Gasteiger partial charge in [0.15, 0.2) is 0 Å². The van der Waals surface area contributed by atoms with Crippen molar-refractivity contribution in [1.29, 1.82) is 0 Å². The lowest BCUT2D eigenvalue weighted by Gasteiger charge is -2.34. The number of nitrogens with zero attached hydrogens (tertiary/aromatic N) is 1. The van der Waals surface area contributed by atoms with Gasteiger partial charge in [-0.2, -0.15) is 0 Å². The first-order chi connectivity index (χ1) is 39.7. The van der Waals surface area contributed by atoms with E-state index < -0.39 is 5.41 Å². The quantitative estimate of drug-likeness (QED) is 0.101. The zero-order valence-electron chi connectivity index (χ0n) is 46.9. The van der Waals surface area contributed by atoms with E-state index in [1.54, 1.807) is 5.56 Å². The maximum Gasteiger partial charge on any atom is 0.119 e. The lowest BCUT2D eigenvalue weighted by Crippen LogP contribution is -2.28. The van der Waals surface area contributed by atoms with E-state index >= 15 is 0 Å². The van der Waals surface area contributed by atoms with Crippen molar-refractivity contribution in [3.8, 4) is 50.3 Å². The van der Waals surface area contributed by atoms with Crippen LogP contribution in [0.3, 0.4) is 0 Å². The first-order valence-electron chi connectivity index (χ1n) is 29.3. The Hall–Kier alpha value is -8.98. The fourth-order valence-corrected chi connectivity index (χ4v) is 13.9. The summed E-state index contributed by atoms with van der Waals surface area (Å²) in [4.78, 5) is 2.42. The summed E-state index contributed by atoms with van der Waals surface area (Å²) in [6, 6.07) is 97.3. The van der Waals surface area contributed by atoms with Crippen LogP contribution in [0.1, 0.15) is 114 Å². The van der Waals surface area contributed by atoms with E-state index in [1.165, 1.54) is 113 Å². The van der Waals surface area contributed by atoms with E-state index in [0.717, 1.165) is 35.7 Å². The Bertz CT molecular complexity index is 4080. The molecule has 3 aliphatic rings. The molecule has 3 aliphatic carbocycles. The second-order valence-corrected chi connectivity index (χ2v) is 23.4. The summed E-state index contributed by atoms with van der Waals surface area (Å²) < 4.78 is 6.58. The summed E-state index contributed by atoms with van der Waals surface area (Å²) in [7, 11) is 0. The van der Waals surface area contributed by atoms with E-state index in [2.05, 4.69) is 293 Å². The molecule has 2 nitrogen and oxygen atoms in total. The highest BCUT2D eigenvalue weighted by atomic mass is 16.5. The van der Waals surface area contributed by atoms with Gasteiger partial charge in [-0.15, -0.1) is 0 Å². The van der Waals surface area contributed by atoms with Gasteiger partial charge in [0.2, 0.25) is 0 Å². The summed E-state index contributed by atoms with van der Waals surface area (Å²) in [5, 5.41) is 0. The van der Waals surface area contributed by atoms with Crippen LogP contribution in [0.2, 0.25) is 0 Å². The highest BCUT2D eigenvalue weighted by Crippen LogP contribution is 2.57. The van der Waals surface area contributed by atoms with Crippen LogP contribution < -0.4 is 9.64 Å². The van der Waals surface area contributed by atoms with Gasteiger partial charge in [0.25, 0.3) is 0 Å². The molecule has 3 unspecified atom stereocenters. The number of ether oxygens (including phenoxy) is 1. The van der Waals surface area contributed by atoms with Gasteiger partial charge >= 0.3 is 0 Å². The number of hydrogen-bond donors (Lipinski definition) is 0. The van der Waals surface area contributed by atoms with E-state index in [4.69, 9.17) is 4.74 Å². The van der Waals surface area contributed by atoms with Crippen molar-refractivity contribution in [2.45, 2.75) is 82.7 Å². The van der Waals surface area contributed by atoms with E-state index in [-0.39, 0.29) is 5.41 Å². The van der Waals surface area contributed by atoms with Gasteiger partial charge in [-0.05, 0) is 198 Å². The van der Waals surface area contributed by atoms with Crippen LogP contribution in [0.5, 0.6) is 5.75 Å². The Balaban J connectivity index is 0.767. The van der Waals surface area contributed by atoms with E-state index in [0.29, 0.717) is 18.4 Å². The van der Waals surface area contributed by atoms with Gasteiger partial charge in [0.1, 0.15) is 12.4 Å². The molecular weight excluding hydrogens is 979 g/mol. The summed E-state index contributed by atoms with van der Waals surface area (Å²) in [6.07, 6.45) is 4.79. The second kappa shape index (κ2) is 20.6. The minimum atomic E-state index is -0.560. The largest absolute Gasteiger partial charge is 0.489 e. The highest BCUT2D eigenvalue weighted by molar-refractivity contribution is 5.90. The average molecular weight is 1050 g/mol. The van der Waals surface area contributed by atoms with Crippen LogP contribution in [0.25, 0.3) is 44.5 Å². The predicted octanol–water partition coefficient (Wildman–Crippen LogP) is 20.5. The SMILES string of the molecule is CCC(CC(C)c1ccc(COc2ccc(C3(c4ccccc4)c4ccccc4-c4ccc(-c5ccc(N(c6ccc(-c7ccccc7)cc6)c6ccc7c(c6)C(C)(C)c6ccccc6-7)cc5)cc43)cc2)cc1)c1ccc2c(c1)CC2. The smallest absolute Gasteiger partial charge is 0.119 e. The monoisotopic (exact) mass is 1050 g/mol. The van der Waals surface area contributed by atoms with Crippen molar-refractivity contribution in [3.05, 3.63) is 322 Å². The Morgan fingerprint density at radius 1 is 0.420 bits per heavy atom. The molecule has 81 heavy (non-hydrogen) atoms. The normalized spacial score (nSPS) is 15.8. The molecule has 0 saturated heterocycles. The van der Waals surface area contributed by atoms with Gasteiger partial charge in [-0.1, -0.05) is 234 Å². The molecule has 0 saturated carbocycles. The molecule has 0 radical (unpaired) electrons. The first kappa shape index (κ1) is 50.3.